The van der Waals surface area contributed by atoms with Gasteiger partial charge in [0.05, 0.1) is 14.2 Å². The molecule has 1 heterocycles. The molecule has 0 radical (unpaired) electrons. The second-order valence-corrected chi connectivity index (χ2v) is 2.52. The molecule has 0 aliphatic heterocycles. The summed E-state index contributed by atoms with van der Waals surface area (Å²) in [6.07, 6.45) is -0.649. The van der Waals surface area contributed by atoms with Gasteiger partial charge in [0.1, 0.15) is 5.82 Å². The monoisotopic (exact) mass is 210 g/mol. The zero-order valence-electron chi connectivity index (χ0n) is 8.31. The SMILES string of the molecule is COC(=O)Nc1cccc(C(=O)OC)n1. The van der Waals surface area contributed by atoms with Crippen molar-refractivity contribution in [3.8, 4) is 0 Å². The van der Waals surface area contributed by atoms with Gasteiger partial charge in [-0.1, -0.05) is 6.07 Å². The standard InChI is InChI=1S/C9H10N2O4/c1-14-8(12)6-4-3-5-7(10-6)11-9(13)15-2/h3-5H,1-2H3,(H,10,11,13). The van der Waals surface area contributed by atoms with E-state index in [1.54, 1.807) is 6.07 Å². The van der Waals surface area contributed by atoms with Gasteiger partial charge in [0.2, 0.25) is 0 Å². The average Bonchev–Trinajstić information content (AvgIpc) is 2.28. The fourth-order valence-electron chi connectivity index (χ4n) is 0.878. The van der Waals surface area contributed by atoms with E-state index in [9.17, 15) is 9.59 Å². The molecule has 1 N–H and O–H groups in total. The van der Waals surface area contributed by atoms with Gasteiger partial charge in [0.15, 0.2) is 5.69 Å². The third-order valence-corrected chi connectivity index (χ3v) is 1.56. The number of ether oxygens (including phenoxy) is 2. The number of hydrogen-bond acceptors (Lipinski definition) is 5. The van der Waals surface area contributed by atoms with Crippen molar-refractivity contribution in [1.82, 2.24) is 4.98 Å². The molecule has 0 fully saturated rings. The molecule has 1 rings (SSSR count). The molecule has 0 spiro atoms. The lowest BCUT2D eigenvalue weighted by atomic mass is 10.3. The predicted octanol–water partition coefficient (Wildman–Crippen LogP) is 1.05. The van der Waals surface area contributed by atoms with Crippen LogP contribution in [0.25, 0.3) is 0 Å². The van der Waals surface area contributed by atoms with E-state index in [4.69, 9.17) is 0 Å². The summed E-state index contributed by atoms with van der Waals surface area (Å²) in [6, 6.07) is 4.59. The molecule has 80 valence electrons. The Kier molecular flexibility index (Phi) is 3.61. The number of amides is 1. The third-order valence-electron chi connectivity index (χ3n) is 1.56. The molecule has 0 aliphatic rings. The summed E-state index contributed by atoms with van der Waals surface area (Å²) in [5.74, 6) is -0.340. The molecule has 0 saturated carbocycles. The molecule has 0 aromatic carbocycles. The van der Waals surface area contributed by atoms with Crippen molar-refractivity contribution >= 4 is 17.9 Å². The Labute approximate surface area is 86.2 Å². The van der Waals surface area contributed by atoms with Crippen molar-refractivity contribution in [1.29, 1.82) is 0 Å². The van der Waals surface area contributed by atoms with Gasteiger partial charge in [-0.05, 0) is 12.1 Å². The summed E-state index contributed by atoms with van der Waals surface area (Å²) in [7, 11) is 2.49. The van der Waals surface area contributed by atoms with Crippen LogP contribution in [0, 0.1) is 0 Å². The summed E-state index contributed by atoms with van der Waals surface area (Å²) in [6.45, 7) is 0. The molecule has 0 atom stereocenters. The second-order valence-electron chi connectivity index (χ2n) is 2.52. The molecule has 1 aromatic heterocycles. The largest absolute Gasteiger partial charge is 0.464 e. The Morgan fingerprint density at radius 2 is 2.00 bits per heavy atom. The van der Waals surface area contributed by atoms with Crippen LogP contribution in [0.3, 0.4) is 0 Å². The van der Waals surface area contributed by atoms with Crippen LogP contribution in [0.1, 0.15) is 10.5 Å². The van der Waals surface area contributed by atoms with Crippen molar-refractivity contribution in [2.75, 3.05) is 19.5 Å². The number of esters is 1. The number of methoxy groups -OCH3 is 2. The maximum Gasteiger partial charge on any atom is 0.412 e. The van der Waals surface area contributed by atoms with Gasteiger partial charge < -0.3 is 9.47 Å². The zero-order valence-corrected chi connectivity index (χ0v) is 8.31. The topological polar surface area (TPSA) is 77.5 Å². The Hall–Kier alpha value is -2.11. The van der Waals surface area contributed by atoms with Crippen LogP contribution in [0.15, 0.2) is 18.2 Å². The minimum Gasteiger partial charge on any atom is -0.464 e. The predicted molar refractivity (Wildman–Crippen MR) is 51.6 cm³/mol. The van der Waals surface area contributed by atoms with Crippen LogP contribution in [0.2, 0.25) is 0 Å². The van der Waals surface area contributed by atoms with Gasteiger partial charge in [-0.25, -0.2) is 14.6 Å². The van der Waals surface area contributed by atoms with Gasteiger partial charge >= 0.3 is 12.1 Å². The van der Waals surface area contributed by atoms with E-state index < -0.39 is 12.1 Å². The molecular formula is C9H10N2O4. The Morgan fingerprint density at radius 1 is 1.27 bits per heavy atom. The number of nitrogens with one attached hydrogen (secondary N) is 1. The van der Waals surface area contributed by atoms with Gasteiger partial charge in [-0.15, -0.1) is 0 Å². The minimum atomic E-state index is -0.649. The quantitative estimate of drug-likeness (QED) is 0.738. The first kappa shape index (κ1) is 11.0. The lowest BCUT2D eigenvalue weighted by molar-refractivity contribution is 0.0594. The van der Waals surface area contributed by atoms with Gasteiger partial charge in [-0.3, -0.25) is 5.32 Å². The molecule has 0 unspecified atom stereocenters. The summed E-state index contributed by atoms with van der Waals surface area (Å²) in [5, 5.41) is 2.33. The molecule has 6 heteroatoms. The maximum absolute atomic E-state index is 11.1. The van der Waals surface area contributed by atoms with Crippen LogP contribution >= 0.6 is 0 Å². The highest BCUT2D eigenvalue weighted by Gasteiger charge is 2.08. The van der Waals surface area contributed by atoms with Crippen molar-refractivity contribution in [3.63, 3.8) is 0 Å². The van der Waals surface area contributed by atoms with Gasteiger partial charge in [-0.2, -0.15) is 0 Å². The second kappa shape index (κ2) is 4.94. The number of carbonyl (C=O) groups is 2. The first-order valence-electron chi connectivity index (χ1n) is 4.07. The number of hydrogen-bond donors (Lipinski definition) is 1. The molecule has 15 heavy (non-hydrogen) atoms. The molecular weight excluding hydrogens is 200 g/mol. The Morgan fingerprint density at radius 3 is 2.60 bits per heavy atom. The molecule has 1 amide bonds. The zero-order chi connectivity index (χ0) is 11.3. The molecule has 0 saturated heterocycles. The Balaban J connectivity index is 2.83. The number of carbonyl (C=O) groups excluding carboxylic acids is 2. The Bertz CT molecular complexity index is 378. The van der Waals surface area contributed by atoms with E-state index in [-0.39, 0.29) is 11.5 Å². The number of aromatic nitrogens is 1. The van der Waals surface area contributed by atoms with E-state index in [0.29, 0.717) is 0 Å². The molecule has 1 aromatic rings. The smallest absolute Gasteiger partial charge is 0.412 e. The minimum absolute atomic E-state index is 0.117. The van der Waals surface area contributed by atoms with Crippen molar-refractivity contribution in [3.05, 3.63) is 23.9 Å². The first-order valence-corrected chi connectivity index (χ1v) is 4.07. The third kappa shape index (κ3) is 2.94. The van der Waals surface area contributed by atoms with Crippen molar-refractivity contribution in [2.24, 2.45) is 0 Å². The number of nitrogens with zero attached hydrogens (tertiary/aromatic N) is 1. The van der Waals surface area contributed by atoms with E-state index in [1.807, 2.05) is 0 Å². The average molecular weight is 210 g/mol. The highest BCUT2D eigenvalue weighted by atomic mass is 16.5. The van der Waals surface area contributed by atoms with Crippen LogP contribution in [0.5, 0.6) is 0 Å². The summed E-state index contributed by atoms with van der Waals surface area (Å²) >= 11 is 0. The van der Waals surface area contributed by atoms with Crippen LogP contribution in [0.4, 0.5) is 10.6 Å². The fraction of sp³-hybridized carbons (Fsp3) is 0.222. The normalized spacial score (nSPS) is 9.20. The van der Waals surface area contributed by atoms with E-state index in [2.05, 4.69) is 19.8 Å². The first-order chi connectivity index (χ1) is 7.17. The van der Waals surface area contributed by atoms with Gasteiger partial charge in [0.25, 0.3) is 0 Å². The molecule has 6 nitrogen and oxygen atoms in total. The highest BCUT2D eigenvalue weighted by Crippen LogP contribution is 2.05. The van der Waals surface area contributed by atoms with E-state index >= 15 is 0 Å². The van der Waals surface area contributed by atoms with Crippen LogP contribution < -0.4 is 5.32 Å². The molecule has 0 aliphatic carbocycles. The summed E-state index contributed by atoms with van der Waals surface area (Å²) in [5.41, 5.74) is 0.117. The van der Waals surface area contributed by atoms with E-state index in [1.165, 1.54) is 26.4 Å². The summed E-state index contributed by atoms with van der Waals surface area (Å²) in [4.78, 5) is 25.8. The van der Waals surface area contributed by atoms with E-state index in [0.717, 1.165) is 0 Å². The molecule has 0 bridgehead atoms. The highest BCUT2D eigenvalue weighted by molar-refractivity contribution is 5.89. The number of rotatable bonds is 2. The van der Waals surface area contributed by atoms with Crippen LogP contribution in [-0.4, -0.2) is 31.3 Å². The van der Waals surface area contributed by atoms with Crippen LogP contribution in [-0.2, 0) is 9.47 Å². The number of pyridine rings is 1. The maximum atomic E-state index is 11.1. The van der Waals surface area contributed by atoms with Gasteiger partial charge in [0, 0.05) is 0 Å². The van der Waals surface area contributed by atoms with Crippen molar-refractivity contribution in [2.45, 2.75) is 0 Å². The lowest BCUT2D eigenvalue weighted by Crippen LogP contribution is -2.13. The fourth-order valence-corrected chi connectivity index (χ4v) is 0.878. The number of anilines is 1. The van der Waals surface area contributed by atoms with Crippen molar-refractivity contribution < 1.29 is 19.1 Å². The lowest BCUT2D eigenvalue weighted by Gasteiger charge is -2.03. The summed E-state index contributed by atoms with van der Waals surface area (Å²) < 4.78 is 8.85.